The maximum atomic E-state index is 13.3. The van der Waals surface area contributed by atoms with Gasteiger partial charge in [0.15, 0.2) is 5.82 Å². The Kier molecular flexibility index (Phi) is 6.92. The second-order valence-electron chi connectivity index (χ2n) is 6.64. The number of rotatable bonds is 8. The maximum Gasteiger partial charge on any atom is 0.277 e. The van der Waals surface area contributed by atoms with Crippen molar-refractivity contribution < 1.29 is 9.53 Å². The number of hydrogen-bond donors (Lipinski definition) is 1. The van der Waals surface area contributed by atoms with Gasteiger partial charge in [0.05, 0.1) is 6.61 Å². The van der Waals surface area contributed by atoms with Crippen LogP contribution in [0.1, 0.15) is 23.0 Å². The number of nitrogens with zero attached hydrogens (tertiary/aromatic N) is 3. The molecule has 3 rings (SSSR count). The lowest BCUT2D eigenvalue weighted by atomic mass is 10.2. The lowest BCUT2D eigenvalue weighted by Crippen LogP contribution is -2.31. The predicted octanol–water partition coefficient (Wildman–Crippen LogP) is 4.18. The zero-order valence-corrected chi connectivity index (χ0v) is 17.1. The maximum absolute atomic E-state index is 13.3. The topological polar surface area (TPSA) is 67.4 Å². The normalized spacial score (nSPS) is 10.6. The first kappa shape index (κ1) is 20.5. The van der Waals surface area contributed by atoms with Crippen molar-refractivity contribution >= 4 is 17.4 Å². The summed E-state index contributed by atoms with van der Waals surface area (Å²) >= 11 is 0. The second-order valence-corrected chi connectivity index (χ2v) is 6.64. The van der Waals surface area contributed by atoms with Gasteiger partial charge in [-0.2, -0.15) is 0 Å². The number of carbonyl (C=O) groups excluding carboxylic acids is 1. The summed E-state index contributed by atoms with van der Waals surface area (Å²) in [5.41, 5.74) is 3.16. The molecule has 0 aliphatic rings. The van der Waals surface area contributed by atoms with E-state index in [-0.39, 0.29) is 5.91 Å². The minimum atomic E-state index is -0.160. The van der Waals surface area contributed by atoms with Crippen LogP contribution in [0.2, 0.25) is 0 Å². The largest absolute Gasteiger partial charge is 0.383 e. The summed E-state index contributed by atoms with van der Waals surface area (Å²) in [6.07, 6.45) is 0. The summed E-state index contributed by atoms with van der Waals surface area (Å²) in [5.74, 6) is 0.948. The summed E-state index contributed by atoms with van der Waals surface area (Å²) < 4.78 is 5.10. The van der Waals surface area contributed by atoms with Gasteiger partial charge in [-0.05, 0) is 31.5 Å². The van der Waals surface area contributed by atoms with Crippen LogP contribution in [0.5, 0.6) is 0 Å². The van der Waals surface area contributed by atoms with E-state index in [2.05, 4.69) is 15.3 Å². The lowest BCUT2D eigenvalue weighted by molar-refractivity contribution is 0.0983. The zero-order valence-electron chi connectivity index (χ0n) is 17.1. The standard InChI is InChI=1S/C23H26N4O2/c1-4-27(19-12-8-9-17(2)15-19)23(28)20-16-21(24-13-14-29-3)26-22(25-20)18-10-6-5-7-11-18/h5-12,15-16H,4,13-14H2,1-3H3,(H,24,25,26). The van der Waals surface area contributed by atoms with E-state index in [9.17, 15) is 4.79 Å². The minimum absolute atomic E-state index is 0.160. The molecular weight excluding hydrogens is 364 g/mol. The van der Waals surface area contributed by atoms with Crippen LogP contribution in [0.25, 0.3) is 11.4 Å². The van der Waals surface area contributed by atoms with Gasteiger partial charge in [-0.3, -0.25) is 4.79 Å². The number of aryl methyl sites for hydroxylation is 1. The Morgan fingerprint density at radius 1 is 1.07 bits per heavy atom. The van der Waals surface area contributed by atoms with Gasteiger partial charge in [0.25, 0.3) is 5.91 Å². The van der Waals surface area contributed by atoms with Gasteiger partial charge in [0, 0.05) is 37.5 Å². The average Bonchev–Trinajstić information content (AvgIpc) is 2.75. The molecule has 29 heavy (non-hydrogen) atoms. The molecule has 0 saturated heterocycles. The first-order valence-electron chi connectivity index (χ1n) is 9.68. The van der Waals surface area contributed by atoms with Gasteiger partial charge in [-0.15, -0.1) is 0 Å². The molecule has 1 N–H and O–H groups in total. The van der Waals surface area contributed by atoms with E-state index in [1.165, 1.54) is 0 Å². The van der Waals surface area contributed by atoms with Crippen LogP contribution in [0.15, 0.2) is 60.7 Å². The summed E-state index contributed by atoms with van der Waals surface area (Å²) in [7, 11) is 1.65. The van der Waals surface area contributed by atoms with Crippen molar-refractivity contribution in [2.24, 2.45) is 0 Å². The van der Waals surface area contributed by atoms with Gasteiger partial charge in [-0.25, -0.2) is 9.97 Å². The summed E-state index contributed by atoms with van der Waals surface area (Å²) in [6, 6.07) is 19.2. The first-order chi connectivity index (χ1) is 14.1. The number of aromatic nitrogens is 2. The van der Waals surface area contributed by atoms with Crippen LogP contribution in [0.3, 0.4) is 0 Å². The summed E-state index contributed by atoms with van der Waals surface area (Å²) in [4.78, 5) is 24.2. The van der Waals surface area contributed by atoms with Gasteiger partial charge in [-0.1, -0.05) is 42.5 Å². The Labute approximate surface area is 171 Å². The Bertz CT molecular complexity index is 960. The van der Waals surface area contributed by atoms with E-state index in [1.54, 1.807) is 18.1 Å². The molecule has 0 unspecified atom stereocenters. The molecule has 0 saturated carbocycles. The van der Waals surface area contributed by atoms with Crippen molar-refractivity contribution in [3.63, 3.8) is 0 Å². The number of hydrogen-bond acceptors (Lipinski definition) is 5. The molecule has 6 heteroatoms. The number of methoxy groups -OCH3 is 1. The van der Waals surface area contributed by atoms with Crippen molar-refractivity contribution in [2.45, 2.75) is 13.8 Å². The van der Waals surface area contributed by atoms with Crippen molar-refractivity contribution in [2.75, 3.05) is 37.0 Å². The van der Waals surface area contributed by atoms with Crippen LogP contribution < -0.4 is 10.2 Å². The van der Waals surface area contributed by atoms with Crippen molar-refractivity contribution in [1.82, 2.24) is 9.97 Å². The zero-order chi connectivity index (χ0) is 20.6. The molecule has 0 atom stereocenters. The van der Waals surface area contributed by atoms with E-state index >= 15 is 0 Å². The van der Waals surface area contributed by atoms with Crippen molar-refractivity contribution in [3.8, 4) is 11.4 Å². The summed E-state index contributed by atoms with van der Waals surface area (Å²) in [6.45, 7) is 5.64. The number of ether oxygens (including phenoxy) is 1. The van der Waals surface area contributed by atoms with Crippen LogP contribution >= 0.6 is 0 Å². The highest BCUT2D eigenvalue weighted by molar-refractivity contribution is 6.05. The molecule has 3 aromatic rings. The highest BCUT2D eigenvalue weighted by Crippen LogP contribution is 2.22. The third kappa shape index (κ3) is 5.18. The second kappa shape index (κ2) is 9.80. The molecule has 6 nitrogen and oxygen atoms in total. The van der Waals surface area contributed by atoms with Gasteiger partial charge in [0.1, 0.15) is 11.5 Å². The predicted molar refractivity (Wildman–Crippen MR) is 116 cm³/mol. The Balaban J connectivity index is 1.99. The van der Waals surface area contributed by atoms with Crippen molar-refractivity contribution in [3.05, 3.63) is 71.9 Å². The molecule has 1 heterocycles. The number of amides is 1. The fourth-order valence-corrected chi connectivity index (χ4v) is 3.02. The minimum Gasteiger partial charge on any atom is -0.383 e. The van der Waals surface area contributed by atoms with E-state index in [0.29, 0.717) is 37.0 Å². The fourth-order valence-electron chi connectivity index (χ4n) is 3.02. The molecule has 1 amide bonds. The third-order valence-corrected chi connectivity index (χ3v) is 4.46. The number of benzene rings is 2. The molecule has 2 aromatic carbocycles. The molecule has 0 fully saturated rings. The van der Waals surface area contributed by atoms with Crippen LogP contribution in [0.4, 0.5) is 11.5 Å². The number of anilines is 2. The van der Waals surface area contributed by atoms with Gasteiger partial charge < -0.3 is 15.0 Å². The Morgan fingerprint density at radius 2 is 1.86 bits per heavy atom. The fraction of sp³-hybridized carbons (Fsp3) is 0.261. The van der Waals surface area contributed by atoms with Crippen LogP contribution in [-0.2, 0) is 4.74 Å². The van der Waals surface area contributed by atoms with Gasteiger partial charge in [0.2, 0.25) is 0 Å². The number of nitrogens with one attached hydrogen (secondary N) is 1. The molecule has 0 aliphatic carbocycles. The van der Waals surface area contributed by atoms with E-state index in [1.807, 2.05) is 68.4 Å². The van der Waals surface area contributed by atoms with Crippen LogP contribution in [0, 0.1) is 6.92 Å². The SMILES string of the molecule is CCN(C(=O)c1cc(NCCOC)nc(-c2ccccc2)n1)c1cccc(C)c1. The highest BCUT2D eigenvalue weighted by Gasteiger charge is 2.20. The van der Waals surface area contributed by atoms with E-state index < -0.39 is 0 Å². The first-order valence-corrected chi connectivity index (χ1v) is 9.68. The third-order valence-electron chi connectivity index (χ3n) is 4.46. The molecule has 150 valence electrons. The molecule has 0 aliphatic heterocycles. The van der Waals surface area contributed by atoms with Gasteiger partial charge >= 0.3 is 0 Å². The smallest absolute Gasteiger partial charge is 0.277 e. The lowest BCUT2D eigenvalue weighted by Gasteiger charge is -2.21. The average molecular weight is 390 g/mol. The van der Waals surface area contributed by atoms with Crippen LogP contribution in [-0.4, -0.2) is 42.7 Å². The molecule has 0 spiro atoms. The Hall–Kier alpha value is -3.25. The molecule has 0 bridgehead atoms. The Morgan fingerprint density at radius 3 is 2.55 bits per heavy atom. The monoisotopic (exact) mass is 390 g/mol. The summed E-state index contributed by atoms with van der Waals surface area (Å²) in [5, 5.41) is 3.21. The quantitative estimate of drug-likeness (QED) is 0.585. The molecular formula is C23H26N4O2. The molecule has 1 aromatic heterocycles. The highest BCUT2D eigenvalue weighted by atomic mass is 16.5. The molecule has 0 radical (unpaired) electrons. The van der Waals surface area contributed by atoms with E-state index in [0.717, 1.165) is 16.8 Å². The van der Waals surface area contributed by atoms with E-state index in [4.69, 9.17) is 4.74 Å². The number of carbonyl (C=O) groups is 1. The van der Waals surface area contributed by atoms with Crippen molar-refractivity contribution in [1.29, 1.82) is 0 Å².